The van der Waals surface area contributed by atoms with Gasteiger partial charge in [-0.25, -0.2) is 4.79 Å². The summed E-state index contributed by atoms with van der Waals surface area (Å²) in [6.45, 7) is 2.10. The molecule has 0 radical (unpaired) electrons. The number of nitrogens with zero attached hydrogens (tertiary/aromatic N) is 1. The topological polar surface area (TPSA) is 84.7 Å². The number of piperidine rings is 1. The summed E-state index contributed by atoms with van der Waals surface area (Å²) < 4.78 is 4.81. The van der Waals surface area contributed by atoms with Crippen molar-refractivity contribution < 1.29 is 14.3 Å². The highest BCUT2D eigenvalue weighted by Crippen LogP contribution is 2.15. The van der Waals surface area contributed by atoms with E-state index in [1.165, 1.54) is 7.11 Å². The Balaban J connectivity index is 2.34. The van der Waals surface area contributed by atoms with Gasteiger partial charge in [-0.15, -0.1) is 0 Å². The average molecular weight is 229 g/mol. The third-order valence-corrected chi connectivity index (χ3v) is 2.70. The number of carbonyl (C=O) groups is 2. The van der Waals surface area contributed by atoms with Crippen LogP contribution in [0.5, 0.6) is 0 Å². The van der Waals surface area contributed by atoms with E-state index in [-0.39, 0.29) is 12.5 Å². The summed E-state index contributed by atoms with van der Waals surface area (Å²) in [5.41, 5.74) is 5.00. The highest BCUT2D eigenvalue weighted by Gasteiger charge is 2.23. The highest BCUT2D eigenvalue weighted by molar-refractivity contribution is 5.77. The van der Waals surface area contributed by atoms with Crippen LogP contribution in [-0.4, -0.2) is 50.2 Å². The van der Waals surface area contributed by atoms with E-state index in [1.807, 2.05) is 0 Å². The molecule has 1 rings (SSSR count). The molecule has 3 amide bonds. The van der Waals surface area contributed by atoms with E-state index in [4.69, 9.17) is 10.5 Å². The Morgan fingerprint density at radius 2 is 2.31 bits per heavy atom. The molecule has 1 fully saturated rings. The van der Waals surface area contributed by atoms with Crippen LogP contribution < -0.4 is 11.1 Å². The molecule has 0 aromatic heterocycles. The molecule has 0 spiro atoms. The Hall–Kier alpha value is -1.30. The molecule has 1 atom stereocenters. The van der Waals surface area contributed by atoms with Crippen LogP contribution in [0.25, 0.3) is 0 Å². The normalized spacial score (nSPS) is 20.6. The first-order valence-electron chi connectivity index (χ1n) is 5.43. The minimum atomic E-state index is -0.514. The van der Waals surface area contributed by atoms with Crippen molar-refractivity contribution in [1.29, 1.82) is 0 Å². The Labute approximate surface area is 95.1 Å². The number of amides is 3. The number of likely N-dealkylation sites (tertiary alicyclic amines) is 1. The summed E-state index contributed by atoms with van der Waals surface area (Å²) in [7, 11) is 1.51. The van der Waals surface area contributed by atoms with Crippen LogP contribution in [0.1, 0.15) is 12.8 Å². The molecule has 0 aromatic carbocycles. The maximum absolute atomic E-state index is 11.6. The minimum Gasteiger partial charge on any atom is -0.375 e. The van der Waals surface area contributed by atoms with Crippen molar-refractivity contribution in [3.05, 3.63) is 0 Å². The molecule has 1 heterocycles. The van der Waals surface area contributed by atoms with E-state index >= 15 is 0 Å². The van der Waals surface area contributed by atoms with Gasteiger partial charge in [-0.1, -0.05) is 0 Å². The summed E-state index contributed by atoms with van der Waals surface area (Å²) >= 11 is 0. The number of hydrogen-bond donors (Lipinski definition) is 2. The standard InChI is InChI=1S/C10H19N3O3/c1-16-7-9(14)13-4-2-3-8(6-13)5-12-10(11)15/h8H,2-7H2,1H3,(H3,11,12,15). The summed E-state index contributed by atoms with van der Waals surface area (Å²) in [5, 5.41) is 2.58. The summed E-state index contributed by atoms with van der Waals surface area (Å²) in [6.07, 6.45) is 1.97. The van der Waals surface area contributed by atoms with E-state index < -0.39 is 6.03 Å². The molecule has 1 saturated heterocycles. The Morgan fingerprint density at radius 3 is 2.94 bits per heavy atom. The lowest BCUT2D eigenvalue weighted by atomic mass is 9.98. The maximum atomic E-state index is 11.6. The second-order valence-corrected chi connectivity index (χ2v) is 4.03. The predicted octanol–water partition coefficient (Wildman–Crippen LogP) is -0.460. The van der Waals surface area contributed by atoms with Crippen molar-refractivity contribution in [3.63, 3.8) is 0 Å². The summed E-state index contributed by atoms with van der Waals surface area (Å²) in [4.78, 5) is 23.9. The first kappa shape index (κ1) is 12.8. The van der Waals surface area contributed by atoms with Gasteiger partial charge in [0.15, 0.2) is 0 Å². The van der Waals surface area contributed by atoms with E-state index in [9.17, 15) is 9.59 Å². The molecule has 1 unspecified atom stereocenters. The number of nitrogens with one attached hydrogen (secondary N) is 1. The Kier molecular flexibility index (Phi) is 5.04. The fourth-order valence-corrected chi connectivity index (χ4v) is 1.92. The number of methoxy groups -OCH3 is 1. The zero-order chi connectivity index (χ0) is 12.0. The van der Waals surface area contributed by atoms with Gasteiger partial charge >= 0.3 is 6.03 Å². The fraction of sp³-hybridized carbons (Fsp3) is 0.800. The van der Waals surface area contributed by atoms with Gasteiger partial charge in [0.2, 0.25) is 5.91 Å². The molecule has 1 aliphatic rings. The van der Waals surface area contributed by atoms with Gasteiger partial charge < -0.3 is 20.7 Å². The first-order valence-corrected chi connectivity index (χ1v) is 5.43. The molecule has 0 aromatic rings. The van der Waals surface area contributed by atoms with Crippen LogP contribution in [0, 0.1) is 5.92 Å². The van der Waals surface area contributed by atoms with Crippen LogP contribution in [-0.2, 0) is 9.53 Å². The lowest BCUT2D eigenvalue weighted by Crippen LogP contribution is -2.45. The number of urea groups is 1. The van der Waals surface area contributed by atoms with Crippen molar-refractivity contribution in [3.8, 4) is 0 Å². The van der Waals surface area contributed by atoms with Crippen LogP contribution >= 0.6 is 0 Å². The highest BCUT2D eigenvalue weighted by atomic mass is 16.5. The number of primary amides is 1. The molecule has 0 bridgehead atoms. The van der Waals surface area contributed by atoms with E-state index in [0.29, 0.717) is 19.0 Å². The number of carbonyl (C=O) groups excluding carboxylic acids is 2. The molecule has 6 heteroatoms. The smallest absolute Gasteiger partial charge is 0.312 e. The number of nitrogens with two attached hydrogens (primary N) is 1. The summed E-state index contributed by atoms with van der Waals surface area (Å²) in [6, 6.07) is -0.514. The second-order valence-electron chi connectivity index (χ2n) is 4.03. The minimum absolute atomic E-state index is 0.00581. The van der Waals surface area contributed by atoms with Gasteiger partial charge in [-0.05, 0) is 18.8 Å². The van der Waals surface area contributed by atoms with Crippen molar-refractivity contribution in [2.24, 2.45) is 11.7 Å². The molecule has 1 aliphatic heterocycles. The molecule has 3 N–H and O–H groups in total. The van der Waals surface area contributed by atoms with Gasteiger partial charge in [-0.3, -0.25) is 4.79 Å². The average Bonchev–Trinajstić information content (AvgIpc) is 2.27. The SMILES string of the molecule is COCC(=O)N1CCCC(CNC(N)=O)C1. The molecule has 16 heavy (non-hydrogen) atoms. The van der Waals surface area contributed by atoms with Gasteiger partial charge in [0.05, 0.1) is 0 Å². The predicted molar refractivity (Wildman–Crippen MR) is 58.8 cm³/mol. The lowest BCUT2D eigenvalue weighted by molar-refractivity contribution is -0.136. The molecule has 6 nitrogen and oxygen atoms in total. The fourth-order valence-electron chi connectivity index (χ4n) is 1.92. The van der Waals surface area contributed by atoms with E-state index in [2.05, 4.69) is 5.32 Å². The van der Waals surface area contributed by atoms with Crippen LogP contribution in [0.2, 0.25) is 0 Å². The monoisotopic (exact) mass is 229 g/mol. The number of rotatable bonds is 4. The van der Waals surface area contributed by atoms with Gasteiger partial charge in [0.1, 0.15) is 6.61 Å². The summed E-state index contributed by atoms with van der Waals surface area (Å²) in [5.74, 6) is 0.299. The van der Waals surface area contributed by atoms with Crippen molar-refractivity contribution >= 4 is 11.9 Å². The quantitative estimate of drug-likeness (QED) is 0.684. The van der Waals surface area contributed by atoms with Gasteiger partial charge in [0, 0.05) is 26.7 Å². The molecular formula is C10H19N3O3. The van der Waals surface area contributed by atoms with Crippen LogP contribution in [0.4, 0.5) is 4.79 Å². The Morgan fingerprint density at radius 1 is 1.56 bits per heavy atom. The van der Waals surface area contributed by atoms with E-state index in [0.717, 1.165) is 19.4 Å². The van der Waals surface area contributed by atoms with Gasteiger partial charge in [0.25, 0.3) is 0 Å². The zero-order valence-corrected chi connectivity index (χ0v) is 9.57. The largest absolute Gasteiger partial charge is 0.375 e. The first-order chi connectivity index (χ1) is 7.63. The second kappa shape index (κ2) is 6.32. The maximum Gasteiger partial charge on any atom is 0.312 e. The third-order valence-electron chi connectivity index (χ3n) is 2.70. The number of ether oxygens (including phenoxy) is 1. The molecular weight excluding hydrogens is 210 g/mol. The number of hydrogen-bond acceptors (Lipinski definition) is 3. The molecule has 0 saturated carbocycles. The van der Waals surface area contributed by atoms with Crippen molar-refractivity contribution in [2.75, 3.05) is 33.4 Å². The third kappa shape index (κ3) is 4.06. The molecule has 0 aliphatic carbocycles. The van der Waals surface area contributed by atoms with Crippen LogP contribution in [0.3, 0.4) is 0 Å². The zero-order valence-electron chi connectivity index (χ0n) is 9.57. The molecule has 92 valence electrons. The van der Waals surface area contributed by atoms with Crippen molar-refractivity contribution in [2.45, 2.75) is 12.8 Å². The van der Waals surface area contributed by atoms with Crippen LogP contribution in [0.15, 0.2) is 0 Å². The Bertz CT molecular complexity index is 258. The van der Waals surface area contributed by atoms with E-state index in [1.54, 1.807) is 4.90 Å². The van der Waals surface area contributed by atoms with Crippen molar-refractivity contribution in [1.82, 2.24) is 10.2 Å². The lowest BCUT2D eigenvalue weighted by Gasteiger charge is -2.32. The van der Waals surface area contributed by atoms with Gasteiger partial charge in [-0.2, -0.15) is 0 Å².